The molecule has 4 nitrogen and oxygen atoms in total. The minimum absolute atomic E-state index is 0.310. The first-order chi connectivity index (χ1) is 8.78. The lowest BCUT2D eigenvalue weighted by molar-refractivity contribution is 0.123. The standard InChI is InChI=1S/C14H23N3O/c1-3-7-16-13-9-15-10-14(17-13)18-12-6-4-5-11(2)8-12/h9-12H,3-8H2,1-2H3,(H,16,17). The summed E-state index contributed by atoms with van der Waals surface area (Å²) in [5.74, 6) is 2.21. The van der Waals surface area contributed by atoms with Crippen LogP contribution in [0.4, 0.5) is 5.82 Å². The average Bonchev–Trinajstić information content (AvgIpc) is 2.37. The second-order valence-electron chi connectivity index (χ2n) is 5.18. The quantitative estimate of drug-likeness (QED) is 0.870. The molecule has 1 saturated carbocycles. The zero-order valence-electron chi connectivity index (χ0n) is 11.4. The highest BCUT2D eigenvalue weighted by atomic mass is 16.5. The lowest BCUT2D eigenvalue weighted by Crippen LogP contribution is -2.24. The van der Waals surface area contributed by atoms with Crippen LogP contribution in [0, 0.1) is 5.92 Å². The van der Waals surface area contributed by atoms with Crippen LogP contribution in [0.2, 0.25) is 0 Å². The summed E-state index contributed by atoms with van der Waals surface area (Å²) in [7, 11) is 0. The van der Waals surface area contributed by atoms with Crippen molar-refractivity contribution in [3.63, 3.8) is 0 Å². The van der Waals surface area contributed by atoms with E-state index in [1.165, 1.54) is 12.8 Å². The monoisotopic (exact) mass is 249 g/mol. The SMILES string of the molecule is CCCNc1cncc(OC2CCCC(C)C2)n1. The van der Waals surface area contributed by atoms with Gasteiger partial charge in [0.05, 0.1) is 12.4 Å². The van der Waals surface area contributed by atoms with Crippen molar-refractivity contribution in [2.75, 3.05) is 11.9 Å². The molecule has 0 saturated heterocycles. The summed E-state index contributed by atoms with van der Waals surface area (Å²) in [5, 5.41) is 3.23. The van der Waals surface area contributed by atoms with Gasteiger partial charge < -0.3 is 10.1 Å². The van der Waals surface area contributed by atoms with Gasteiger partial charge >= 0.3 is 0 Å². The van der Waals surface area contributed by atoms with Crippen LogP contribution in [-0.4, -0.2) is 22.6 Å². The van der Waals surface area contributed by atoms with E-state index in [0.717, 1.165) is 37.5 Å². The molecule has 0 amide bonds. The third-order valence-electron chi connectivity index (χ3n) is 3.34. The van der Waals surface area contributed by atoms with Gasteiger partial charge in [-0.05, 0) is 31.6 Å². The van der Waals surface area contributed by atoms with Crippen LogP contribution in [0.15, 0.2) is 12.4 Å². The predicted octanol–water partition coefficient (Wildman–Crippen LogP) is 3.26. The number of anilines is 1. The summed E-state index contributed by atoms with van der Waals surface area (Å²) in [5.41, 5.74) is 0. The van der Waals surface area contributed by atoms with Crippen molar-refractivity contribution in [3.05, 3.63) is 12.4 Å². The van der Waals surface area contributed by atoms with Crippen molar-refractivity contribution in [1.29, 1.82) is 0 Å². The molecule has 1 aromatic rings. The van der Waals surface area contributed by atoms with Crippen molar-refractivity contribution in [3.8, 4) is 5.88 Å². The Morgan fingerprint density at radius 3 is 3.06 bits per heavy atom. The molecule has 0 bridgehead atoms. The largest absolute Gasteiger partial charge is 0.473 e. The third-order valence-corrected chi connectivity index (χ3v) is 3.34. The Morgan fingerprint density at radius 1 is 1.39 bits per heavy atom. The molecule has 1 aromatic heterocycles. The first-order valence-electron chi connectivity index (χ1n) is 7.00. The molecule has 1 aliphatic carbocycles. The summed E-state index contributed by atoms with van der Waals surface area (Å²) >= 11 is 0. The van der Waals surface area contributed by atoms with Crippen molar-refractivity contribution >= 4 is 5.82 Å². The fourth-order valence-corrected chi connectivity index (χ4v) is 2.40. The Balaban J connectivity index is 1.91. The normalized spacial score (nSPS) is 23.7. The number of ether oxygens (including phenoxy) is 1. The fraction of sp³-hybridized carbons (Fsp3) is 0.714. The van der Waals surface area contributed by atoms with Crippen LogP contribution in [0.25, 0.3) is 0 Å². The van der Waals surface area contributed by atoms with Gasteiger partial charge in [0.15, 0.2) is 0 Å². The predicted molar refractivity (Wildman–Crippen MR) is 72.9 cm³/mol. The Labute approximate surface area is 109 Å². The van der Waals surface area contributed by atoms with Crippen LogP contribution in [-0.2, 0) is 0 Å². The maximum absolute atomic E-state index is 5.93. The van der Waals surface area contributed by atoms with E-state index >= 15 is 0 Å². The molecule has 0 radical (unpaired) electrons. The Bertz CT molecular complexity index is 370. The molecule has 1 heterocycles. The molecule has 4 heteroatoms. The molecule has 2 rings (SSSR count). The lowest BCUT2D eigenvalue weighted by atomic mass is 9.89. The molecule has 18 heavy (non-hydrogen) atoms. The van der Waals surface area contributed by atoms with Gasteiger partial charge in [-0.25, -0.2) is 0 Å². The molecule has 0 aliphatic heterocycles. The molecular formula is C14H23N3O. The number of nitrogens with zero attached hydrogens (tertiary/aromatic N) is 2. The van der Waals surface area contributed by atoms with Gasteiger partial charge in [-0.3, -0.25) is 4.98 Å². The van der Waals surface area contributed by atoms with Gasteiger partial charge in [0.1, 0.15) is 11.9 Å². The second-order valence-corrected chi connectivity index (χ2v) is 5.18. The van der Waals surface area contributed by atoms with E-state index in [1.807, 2.05) is 0 Å². The highest BCUT2D eigenvalue weighted by molar-refractivity contribution is 5.33. The van der Waals surface area contributed by atoms with Crippen molar-refractivity contribution in [2.45, 2.75) is 52.1 Å². The van der Waals surface area contributed by atoms with Gasteiger partial charge in [-0.2, -0.15) is 4.98 Å². The summed E-state index contributed by atoms with van der Waals surface area (Å²) in [6.45, 7) is 5.34. The molecule has 2 atom stereocenters. The second kappa shape index (κ2) is 6.57. The topological polar surface area (TPSA) is 47.0 Å². The van der Waals surface area contributed by atoms with Crippen LogP contribution >= 0.6 is 0 Å². The zero-order chi connectivity index (χ0) is 12.8. The van der Waals surface area contributed by atoms with Gasteiger partial charge in [0, 0.05) is 6.54 Å². The van der Waals surface area contributed by atoms with E-state index in [9.17, 15) is 0 Å². The molecular weight excluding hydrogens is 226 g/mol. The smallest absolute Gasteiger partial charge is 0.234 e. The minimum Gasteiger partial charge on any atom is -0.473 e. The van der Waals surface area contributed by atoms with Crippen molar-refractivity contribution in [1.82, 2.24) is 9.97 Å². The Hall–Kier alpha value is -1.32. The lowest BCUT2D eigenvalue weighted by Gasteiger charge is -2.26. The number of nitrogens with one attached hydrogen (secondary N) is 1. The molecule has 1 aliphatic rings. The number of hydrogen-bond donors (Lipinski definition) is 1. The van der Waals surface area contributed by atoms with E-state index in [1.54, 1.807) is 12.4 Å². The summed E-state index contributed by atoms with van der Waals surface area (Å²) in [6, 6.07) is 0. The van der Waals surface area contributed by atoms with E-state index in [0.29, 0.717) is 12.0 Å². The van der Waals surface area contributed by atoms with E-state index in [4.69, 9.17) is 4.74 Å². The first kappa shape index (κ1) is 13.1. The Morgan fingerprint density at radius 2 is 2.28 bits per heavy atom. The van der Waals surface area contributed by atoms with Gasteiger partial charge in [-0.1, -0.05) is 20.3 Å². The maximum atomic E-state index is 5.93. The molecule has 1 N–H and O–H groups in total. The molecule has 0 aromatic carbocycles. The summed E-state index contributed by atoms with van der Waals surface area (Å²) < 4.78 is 5.93. The first-order valence-corrected chi connectivity index (χ1v) is 7.00. The van der Waals surface area contributed by atoms with E-state index < -0.39 is 0 Å². The van der Waals surface area contributed by atoms with E-state index in [-0.39, 0.29) is 0 Å². The molecule has 2 unspecified atom stereocenters. The van der Waals surface area contributed by atoms with Crippen LogP contribution in [0.1, 0.15) is 46.0 Å². The van der Waals surface area contributed by atoms with Gasteiger partial charge in [-0.15, -0.1) is 0 Å². The number of aromatic nitrogens is 2. The molecule has 1 fully saturated rings. The number of hydrogen-bond acceptors (Lipinski definition) is 4. The van der Waals surface area contributed by atoms with Crippen LogP contribution in [0.3, 0.4) is 0 Å². The van der Waals surface area contributed by atoms with Crippen molar-refractivity contribution in [2.24, 2.45) is 5.92 Å². The summed E-state index contributed by atoms with van der Waals surface area (Å²) in [4.78, 5) is 8.61. The average molecular weight is 249 g/mol. The minimum atomic E-state index is 0.310. The summed E-state index contributed by atoms with van der Waals surface area (Å²) in [6.07, 6.45) is 9.68. The van der Waals surface area contributed by atoms with Gasteiger partial charge in [0.25, 0.3) is 0 Å². The third kappa shape index (κ3) is 3.86. The van der Waals surface area contributed by atoms with E-state index in [2.05, 4.69) is 29.1 Å². The van der Waals surface area contributed by atoms with Gasteiger partial charge in [0.2, 0.25) is 5.88 Å². The fourth-order valence-electron chi connectivity index (χ4n) is 2.40. The highest BCUT2D eigenvalue weighted by Gasteiger charge is 2.20. The molecule has 100 valence electrons. The maximum Gasteiger partial charge on any atom is 0.234 e. The molecule has 0 spiro atoms. The zero-order valence-corrected chi connectivity index (χ0v) is 11.4. The van der Waals surface area contributed by atoms with Crippen LogP contribution in [0.5, 0.6) is 5.88 Å². The van der Waals surface area contributed by atoms with Crippen molar-refractivity contribution < 1.29 is 4.74 Å². The number of rotatable bonds is 5. The Kier molecular flexibility index (Phi) is 4.79. The van der Waals surface area contributed by atoms with Crippen LogP contribution < -0.4 is 10.1 Å². The highest BCUT2D eigenvalue weighted by Crippen LogP contribution is 2.26.